The molecule has 0 bridgehead atoms. The molecular weight excluding hydrogens is 216 g/mol. The van der Waals surface area contributed by atoms with Crippen molar-refractivity contribution in [1.29, 1.82) is 0 Å². The Labute approximate surface area is 83.7 Å². The number of halogens is 1. The number of hydrogen-bond acceptors (Lipinski definition) is 1. The first-order valence-electron chi connectivity index (χ1n) is 4.82. The molecule has 1 nitrogen and oxygen atoms in total. The molecule has 0 unspecified atom stereocenters. The van der Waals surface area contributed by atoms with E-state index in [-0.39, 0.29) is 0 Å². The minimum atomic E-state index is -0.461. The minimum absolute atomic E-state index is 0.461. The Bertz CT molecular complexity index is 131. The van der Waals surface area contributed by atoms with Crippen LogP contribution >= 0.6 is 15.9 Å². The second-order valence-corrected chi connectivity index (χ2v) is 5.17. The zero-order valence-electron chi connectivity index (χ0n) is 8.02. The molecule has 0 aliphatic heterocycles. The van der Waals surface area contributed by atoms with Gasteiger partial charge in [0.15, 0.2) is 0 Å². The standard InChI is InChI=1S/C10H19BrO/c1-10(2,12)9-5-3-8(7-11)4-6-9/h8-9,12H,3-7H2,1-2H3. The first-order valence-corrected chi connectivity index (χ1v) is 5.94. The summed E-state index contributed by atoms with van der Waals surface area (Å²) in [5.74, 6) is 1.37. The largest absolute Gasteiger partial charge is 0.390 e. The molecule has 1 fully saturated rings. The van der Waals surface area contributed by atoms with Gasteiger partial charge in [-0.05, 0) is 51.4 Å². The summed E-state index contributed by atoms with van der Waals surface area (Å²) in [4.78, 5) is 0. The van der Waals surface area contributed by atoms with E-state index >= 15 is 0 Å². The average Bonchev–Trinajstić information content (AvgIpc) is 2.03. The lowest BCUT2D eigenvalue weighted by atomic mass is 9.75. The monoisotopic (exact) mass is 234 g/mol. The fourth-order valence-electron chi connectivity index (χ4n) is 2.02. The summed E-state index contributed by atoms with van der Waals surface area (Å²) in [6.45, 7) is 3.87. The maximum atomic E-state index is 9.79. The Balaban J connectivity index is 2.36. The van der Waals surface area contributed by atoms with Crippen molar-refractivity contribution in [3.05, 3.63) is 0 Å². The van der Waals surface area contributed by atoms with Crippen LogP contribution in [0, 0.1) is 11.8 Å². The van der Waals surface area contributed by atoms with E-state index in [2.05, 4.69) is 15.9 Å². The van der Waals surface area contributed by atoms with Gasteiger partial charge in [0, 0.05) is 5.33 Å². The molecule has 72 valence electrons. The molecule has 0 radical (unpaired) electrons. The second-order valence-electron chi connectivity index (χ2n) is 4.53. The molecular formula is C10H19BrO. The molecule has 0 aromatic rings. The van der Waals surface area contributed by atoms with Crippen LogP contribution in [0.5, 0.6) is 0 Å². The summed E-state index contributed by atoms with van der Waals surface area (Å²) < 4.78 is 0. The van der Waals surface area contributed by atoms with Crippen molar-refractivity contribution >= 4 is 15.9 Å². The van der Waals surface area contributed by atoms with Gasteiger partial charge in [-0.2, -0.15) is 0 Å². The number of hydrogen-bond donors (Lipinski definition) is 1. The lowest BCUT2D eigenvalue weighted by Gasteiger charge is -2.35. The van der Waals surface area contributed by atoms with Gasteiger partial charge in [0.2, 0.25) is 0 Å². The van der Waals surface area contributed by atoms with E-state index in [1.165, 1.54) is 25.7 Å². The summed E-state index contributed by atoms with van der Waals surface area (Å²) in [5, 5.41) is 10.9. The van der Waals surface area contributed by atoms with Gasteiger partial charge in [-0.25, -0.2) is 0 Å². The lowest BCUT2D eigenvalue weighted by Crippen LogP contribution is -2.34. The second kappa shape index (κ2) is 4.10. The van der Waals surface area contributed by atoms with Crippen molar-refractivity contribution in [2.75, 3.05) is 5.33 Å². The Morgan fingerprint density at radius 2 is 1.75 bits per heavy atom. The zero-order chi connectivity index (χ0) is 9.19. The van der Waals surface area contributed by atoms with E-state index < -0.39 is 5.60 Å². The smallest absolute Gasteiger partial charge is 0.0619 e. The lowest BCUT2D eigenvalue weighted by molar-refractivity contribution is -0.00433. The van der Waals surface area contributed by atoms with Crippen LogP contribution in [0.1, 0.15) is 39.5 Å². The Morgan fingerprint density at radius 1 is 1.25 bits per heavy atom. The summed E-state index contributed by atoms with van der Waals surface area (Å²) in [6, 6.07) is 0. The first-order chi connectivity index (χ1) is 5.54. The molecule has 0 atom stereocenters. The van der Waals surface area contributed by atoms with E-state index in [9.17, 15) is 5.11 Å². The topological polar surface area (TPSA) is 20.2 Å². The Morgan fingerprint density at radius 3 is 2.08 bits per heavy atom. The van der Waals surface area contributed by atoms with Gasteiger partial charge in [0.25, 0.3) is 0 Å². The molecule has 1 saturated carbocycles. The molecule has 0 amide bonds. The third-order valence-corrected chi connectivity index (χ3v) is 3.98. The van der Waals surface area contributed by atoms with E-state index in [1.54, 1.807) is 0 Å². The molecule has 0 aromatic heterocycles. The molecule has 1 N–H and O–H groups in total. The van der Waals surface area contributed by atoms with Gasteiger partial charge in [-0.3, -0.25) is 0 Å². The summed E-state index contributed by atoms with van der Waals surface area (Å²) in [6.07, 6.45) is 4.94. The van der Waals surface area contributed by atoms with Crippen molar-refractivity contribution in [3.8, 4) is 0 Å². The summed E-state index contributed by atoms with van der Waals surface area (Å²) in [7, 11) is 0. The summed E-state index contributed by atoms with van der Waals surface area (Å²) in [5.41, 5.74) is -0.461. The maximum Gasteiger partial charge on any atom is 0.0619 e. The van der Waals surface area contributed by atoms with Crippen LogP contribution in [-0.2, 0) is 0 Å². The van der Waals surface area contributed by atoms with Crippen molar-refractivity contribution in [3.63, 3.8) is 0 Å². The van der Waals surface area contributed by atoms with Gasteiger partial charge in [0.05, 0.1) is 5.60 Å². The molecule has 1 aliphatic rings. The zero-order valence-corrected chi connectivity index (χ0v) is 9.60. The van der Waals surface area contributed by atoms with Crippen LogP contribution < -0.4 is 0 Å². The van der Waals surface area contributed by atoms with E-state index in [0.717, 1.165) is 11.2 Å². The third kappa shape index (κ3) is 2.74. The van der Waals surface area contributed by atoms with E-state index in [4.69, 9.17) is 0 Å². The Hall–Kier alpha value is 0.440. The molecule has 2 heteroatoms. The molecule has 0 spiro atoms. The van der Waals surface area contributed by atoms with Crippen molar-refractivity contribution in [2.24, 2.45) is 11.8 Å². The number of aliphatic hydroxyl groups is 1. The molecule has 0 saturated heterocycles. The van der Waals surface area contributed by atoms with Crippen molar-refractivity contribution in [2.45, 2.75) is 45.1 Å². The van der Waals surface area contributed by atoms with Crippen LogP contribution in [0.15, 0.2) is 0 Å². The van der Waals surface area contributed by atoms with Crippen molar-refractivity contribution in [1.82, 2.24) is 0 Å². The molecule has 0 aromatic carbocycles. The Kier molecular flexibility index (Phi) is 3.59. The highest BCUT2D eigenvalue weighted by molar-refractivity contribution is 9.09. The predicted molar refractivity (Wildman–Crippen MR) is 55.5 cm³/mol. The molecule has 1 aliphatic carbocycles. The molecule has 0 heterocycles. The molecule has 1 rings (SSSR count). The van der Waals surface area contributed by atoms with Gasteiger partial charge < -0.3 is 5.11 Å². The van der Waals surface area contributed by atoms with Crippen LogP contribution in [0.25, 0.3) is 0 Å². The van der Waals surface area contributed by atoms with Gasteiger partial charge in [0.1, 0.15) is 0 Å². The number of alkyl halides is 1. The number of rotatable bonds is 2. The van der Waals surface area contributed by atoms with E-state index in [0.29, 0.717) is 5.92 Å². The SMILES string of the molecule is CC(C)(O)C1CCC(CBr)CC1. The van der Waals surface area contributed by atoms with E-state index in [1.807, 2.05) is 13.8 Å². The highest BCUT2D eigenvalue weighted by Gasteiger charge is 2.30. The van der Waals surface area contributed by atoms with Crippen molar-refractivity contribution < 1.29 is 5.11 Å². The molecule has 12 heavy (non-hydrogen) atoms. The average molecular weight is 235 g/mol. The van der Waals surface area contributed by atoms with Crippen LogP contribution in [0.4, 0.5) is 0 Å². The maximum absolute atomic E-state index is 9.79. The fourth-order valence-corrected chi connectivity index (χ4v) is 2.67. The first kappa shape index (κ1) is 10.5. The van der Waals surface area contributed by atoms with Crippen LogP contribution in [0.2, 0.25) is 0 Å². The normalized spacial score (nSPS) is 32.0. The van der Waals surface area contributed by atoms with Gasteiger partial charge in [-0.15, -0.1) is 0 Å². The predicted octanol–water partition coefficient (Wildman–Crippen LogP) is 2.96. The van der Waals surface area contributed by atoms with Gasteiger partial charge in [-0.1, -0.05) is 15.9 Å². The van der Waals surface area contributed by atoms with Crippen LogP contribution in [0.3, 0.4) is 0 Å². The summed E-state index contributed by atoms with van der Waals surface area (Å²) >= 11 is 3.52. The van der Waals surface area contributed by atoms with Crippen LogP contribution in [-0.4, -0.2) is 16.0 Å². The third-order valence-electron chi connectivity index (χ3n) is 3.06. The fraction of sp³-hybridized carbons (Fsp3) is 1.00. The minimum Gasteiger partial charge on any atom is -0.390 e. The van der Waals surface area contributed by atoms with Gasteiger partial charge >= 0.3 is 0 Å². The highest BCUT2D eigenvalue weighted by atomic mass is 79.9. The highest BCUT2D eigenvalue weighted by Crippen LogP contribution is 2.35. The quantitative estimate of drug-likeness (QED) is 0.729.